The monoisotopic (exact) mass is 601 g/mol. The van der Waals surface area contributed by atoms with Crippen LogP contribution >= 0.6 is 0 Å². The summed E-state index contributed by atoms with van der Waals surface area (Å²) in [6.45, 7) is 8.62. The van der Waals surface area contributed by atoms with Gasteiger partial charge in [-0.3, -0.25) is 0 Å². The Kier molecular flexibility index (Phi) is 6.71. The number of hydrogen-bond acceptors (Lipinski definition) is 8. The van der Waals surface area contributed by atoms with Gasteiger partial charge >= 0.3 is 175 Å². The predicted molar refractivity (Wildman–Crippen MR) is 104 cm³/mol. The molecule has 2 aromatic rings. The Bertz CT molecular complexity index is 931. The van der Waals surface area contributed by atoms with Crippen molar-refractivity contribution in [1.29, 1.82) is 0 Å². The SMILES string of the molecule is CC(=O)[O][Pb]([O]C(C)=O)([O]C(C)=O)[c]1cccc2c1ccn2C(=O)OC(C)(C)C. The zero-order valence-electron chi connectivity index (χ0n) is 17.1. The van der Waals surface area contributed by atoms with Gasteiger partial charge in [-0.05, 0) is 0 Å². The van der Waals surface area contributed by atoms with Crippen LogP contribution in [0.15, 0.2) is 30.5 Å². The quantitative estimate of drug-likeness (QED) is 0.492. The third kappa shape index (κ3) is 5.55. The number of hydrogen-bond donors (Lipinski definition) is 0. The molecule has 2 rings (SSSR count). The van der Waals surface area contributed by atoms with Crippen molar-refractivity contribution in [3.8, 4) is 0 Å². The Balaban J connectivity index is 2.69. The van der Waals surface area contributed by atoms with E-state index in [2.05, 4.69) is 0 Å². The summed E-state index contributed by atoms with van der Waals surface area (Å²) in [5, 5.41) is 0.448. The molecule has 10 heteroatoms. The normalized spacial score (nSPS) is 11.7. The number of aromatic nitrogens is 1. The van der Waals surface area contributed by atoms with Gasteiger partial charge in [0.25, 0.3) is 0 Å². The minimum atomic E-state index is -5.43. The predicted octanol–water partition coefficient (Wildman–Crippen LogP) is 2.26. The van der Waals surface area contributed by atoms with Crippen molar-refractivity contribution in [2.24, 2.45) is 0 Å². The zero-order chi connectivity index (χ0) is 22.0. The number of ether oxygens (including phenoxy) is 1. The summed E-state index contributed by atoms with van der Waals surface area (Å²) >= 11 is -5.43. The first kappa shape index (κ1) is 22.8. The zero-order valence-corrected chi connectivity index (χ0v) is 21.0. The fourth-order valence-electron chi connectivity index (χ4n) is 2.70. The van der Waals surface area contributed by atoms with Gasteiger partial charge in [-0.2, -0.15) is 0 Å². The standard InChI is InChI=1S/C13H14NO2.3C2H4O2.Pb/c1-13(2,3)16-12(15)14-9-8-10-6-4-5-7-11(10)14;3*1-2(3)4;/h4-5,7-9H,1-3H3;3*1H3,(H,3,4);/q;;;;+3/p-3. The molecule has 0 saturated carbocycles. The van der Waals surface area contributed by atoms with E-state index in [9.17, 15) is 19.2 Å². The van der Waals surface area contributed by atoms with Crippen LogP contribution < -0.4 is 3.12 Å². The van der Waals surface area contributed by atoms with Crippen molar-refractivity contribution in [2.75, 3.05) is 0 Å². The molecule has 0 bridgehead atoms. The first-order chi connectivity index (χ1) is 13.3. The molecule has 0 atom stereocenters. The van der Waals surface area contributed by atoms with Crippen LogP contribution in [-0.2, 0) is 27.2 Å². The van der Waals surface area contributed by atoms with Gasteiger partial charge in [0, 0.05) is 0 Å². The fourth-order valence-corrected chi connectivity index (χ4v) is 12.2. The van der Waals surface area contributed by atoms with Crippen molar-refractivity contribution >= 4 is 60.6 Å². The van der Waals surface area contributed by atoms with Crippen molar-refractivity contribution < 1.29 is 32.0 Å². The van der Waals surface area contributed by atoms with Gasteiger partial charge in [-0.25, -0.2) is 0 Å². The Morgan fingerprint density at radius 2 is 1.38 bits per heavy atom. The number of benzene rings is 1. The molecule has 29 heavy (non-hydrogen) atoms. The summed E-state index contributed by atoms with van der Waals surface area (Å²) in [7, 11) is 0. The van der Waals surface area contributed by atoms with E-state index in [1.807, 2.05) is 0 Å². The van der Waals surface area contributed by atoms with Gasteiger partial charge in [0.2, 0.25) is 0 Å². The maximum atomic E-state index is 12.5. The van der Waals surface area contributed by atoms with Gasteiger partial charge in [-0.15, -0.1) is 0 Å². The van der Waals surface area contributed by atoms with E-state index < -0.39 is 52.1 Å². The Morgan fingerprint density at radius 3 is 1.83 bits per heavy atom. The molecule has 0 saturated heterocycles. The van der Waals surface area contributed by atoms with Crippen LogP contribution in [0.5, 0.6) is 0 Å². The Morgan fingerprint density at radius 1 is 0.862 bits per heavy atom. The molecule has 0 aliphatic rings. The first-order valence-electron chi connectivity index (χ1n) is 8.77. The van der Waals surface area contributed by atoms with Crippen LogP contribution in [-0.4, -0.2) is 56.7 Å². The molecule has 0 N–H and O–H groups in total. The molecular formula is C19H23NO8Pb. The second kappa shape index (κ2) is 8.51. The van der Waals surface area contributed by atoms with Crippen molar-refractivity contribution in [3.05, 3.63) is 30.5 Å². The van der Waals surface area contributed by atoms with E-state index in [1.165, 1.54) is 10.8 Å². The van der Waals surface area contributed by atoms with Crippen molar-refractivity contribution in [3.63, 3.8) is 0 Å². The van der Waals surface area contributed by atoms with Gasteiger partial charge in [0.15, 0.2) is 0 Å². The van der Waals surface area contributed by atoms with E-state index in [0.29, 0.717) is 10.9 Å². The summed E-state index contributed by atoms with van der Waals surface area (Å²) in [5.41, 5.74) is -0.282. The number of fused-ring (bicyclic) bond motifs is 1. The number of nitrogens with zero attached hydrogens (tertiary/aromatic N) is 1. The summed E-state index contributed by atoms with van der Waals surface area (Å²) in [5.74, 6) is -2.26. The van der Waals surface area contributed by atoms with Gasteiger partial charge < -0.3 is 0 Å². The topological polar surface area (TPSA) is 110 Å². The molecule has 0 fully saturated rings. The van der Waals surface area contributed by atoms with Crippen LogP contribution in [0.4, 0.5) is 4.79 Å². The molecule has 0 unspecified atom stereocenters. The van der Waals surface area contributed by atoms with E-state index in [-0.39, 0.29) is 3.12 Å². The van der Waals surface area contributed by atoms with E-state index in [4.69, 9.17) is 12.8 Å². The average Bonchev–Trinajstić information content (AvgIpc) is 2.94. The molecule has 1 heterocycles. The van der Waals surface area contributed by atoms with E-state index in [1.54, 1.807) is 45.0 Å². The van der Waals surface area contributed by atoms with Crippen molar-refractivity contribution in [1.82, 2.24) is 4.57 Å². The molecule has 1 aromatic heterocycles. The second-order valence-electron chi connectivity index (χ2n) is 7.24. The van der Waals surface area contributed by atoms with Crippen LogP contribution in [0.2, 0.25) is 0 Å². The Labute approximate surface area is 174 Å². The Hall–Kier alpha value is -2.44. The van der Waals surface area contributed by atoms with E-state index >= 15 is 0 Å². The molecule has 1 aromatic carbocycles. The van der Waals surface area contributed by atoms with Gasteiger partial charge in [-0.1, -0.05) is 0 Å². The summed E-state index contributed by atoms with van der Waals surface area (Å²) < 4.78 is 23.1. The summed E-state index contributed by atoms with van der Waals surface area (Å²) in [4.78, 5) is 47.9. The third-order valence-electron chi connectivity index (χ3n) is 3.49. The summed E-state index contributed by atoms with van der Waals surface area (Å²) in [6, 6.07) is 6.37. The molecule has 0 spiro atoms. The fraction of sp³-hybridized carbons (Fsp3) is 0.368. The molecular weight excluding hydrogens is 577 g/mol. The van der Waals surface area contributed by atoms with Crippen molar-refractivity contribution in [2.45, 2.75) is 47.1 Å². The first-order valence-corrected chi connectivity index (χ1v) is 15.5. The molecule has 0 amide bonds. The average molecular weight is 601 g/mol. The van der Waals surface area contributed by atoms with Crippen LogP contribution in [0, 0.1) is 0 Å². The van der Waals surface area contributed by atoms with E-state index in [0.717, 1.165) is 20.8 Å². The molecule has 0 aliphatic heterocycles. The molecule has 9 nitrogen and oxygen atoms in total. The number of carbonyl (C=O) groups is 4. The number of carbonyl (C=O) groups excluding carboxylic acids is 4. The van der Waals surface area contributed by atoms with Crippen LogP contribution in [0.3, 0.4) is 0 Å². The van der Waals surface area contributed by atoms with Crippen LogP contribution in [0.25, 0.3) is 10.9 Å². The molecule has 0 aliphatic carbocycles. The molecule has 0 radical (unpaired) electrons. The summed E-state index contributed by atoms with van der Waals surface area (Å²) in [6.07, 6.45) is 0.871. The second-order valence-corrected chi connectivity index (χ2v) is 16.0. The van der Waals surface area contributed by atoms with Crippen LogP contribution in [0.1, 0.15) is 41.5 Å². The minimum absolute atomic E-state index is 0.276. The maximum absolute atomic E-state index is 12.5. The third-order valence-corrected chi connectivity index (χ3v) is 14.2. The van der Waals surface area contributed by atoms with Gasteiger partial charge in [0.1, 0.15) is 0 Å². The molecule has 156 valence electrons. The van der Waals surface area contributed by atoms with Gasteiger partial charge in [0.05, 0.1) is 0 Å². The number of rotatable bonds is 4.